The van der Waals surface area contributed by atoms with Crippen LogP contribution in [0.2, 0.25) is 5.15 Å². The number of hydrogen-bond donors (Lipinski definition) is 2. The molecule has 2 heterocycles. The first-order valence-corrected chi connectivity index (χ1v) is 4.38. The molecule has 7 nitrogen and oxygen atoms in total. The van der Waals surface area contributed by atoms with Crippen molar-refractivity contribution in [1.29, 1.82) is 0 Å². The van der Waals surface area contributed by atoms with Gasteiger partial charge in [0.1, 0.15) is 5.15 Å². The highest BCUT2D eigenvalue weighted by molar-refractivity contribution is 6.29. The zero-order valence-electron chi connectivity index (χ0n) is 7.38. The minimum Gasteiger partial charge on any atom is -0.465 e. The SMILES string of the molecule is O=C(O)NCc1nnc2ccc(Cl)nn12. The average molecular weight is 228 g/mol. The summed E-state index contributed by atoms with van der Waals surface area (Å²) in [5, 5.41) is 22.4. The zero-order valence-corrected chi connectivity index (χ0v) is 8.14. The number of carbonyl (C=O) groups is 1. The summed E-state index contributed by atoms with van der Waals surface area (Å²) in [4.78, 5) is 10.3. The van der Waals surface area contributed by atoms with Crippen molar-refractivity contribution in [3.63, 3.8) is 0 Å². The molecule has 0 radical (unpaired) electrons. The maximum absolute atomic E-state index is 10.3. The molecule has 0 aliphatic rings. The number of amides is 1. The van der Waals surface area contributed by atoms with Gasteiger partial charge in [0.25, 0.3) is 0 Å². The summed E-state index contributed by atoms with van der Waals surface area (Å²) < 4.78 is 1.39. The Morgan fingerprint density at radius 1 is 1.53 bits per heavy atom. The fourth-order valence-electron chi connectivity index (χ4n) is 1.08. The van der Waals surface area contributed by atoms with E-state index >= 15 is 0 Å². The molecular formula is C7H6ClN5O2. The van der Waals surface area contributed by atoms with Crippen molar-refractivity contribution in [2.45, 2.75) is 6.54 Å². The van der Waals surface area contributed by atoms with Gasteiger partial charge in [0.2, 0.25) is 0 Å². The van der Waals surface area contributed by atoms with Crippen LogP contribution in [0.1, 0.15) is 5.82 Å². The minimum atomic E-state index is -1.13. The molecule has 8 heteroatoms. The lowest BCUT2D eigenvalue weighted by Crippen LogP contribution is -2.21. The van der Waals surface area contributed by atoms with Gasteiger partial charge in [-0.25, -0.2) is 4.79 Å². The first-order valence-electron chi connectivity index (χ1n) is 4.00. The molecule has 0 spiro atoms. The van der Waals surface area contributed by atoms with Gasteiger partial charge in [-0.15, -0.1) is 10.2 Å². The van der Waals surface area contributed by atoms with Crippen molar-refractivity contribution in [3.05, 3.63) is 23.1 Å². The van der Waals surface area contributed by atoms with Crippen LogP contribution in [-0.2, 0) is 6.54 Å². The van der Waals surface area contributed by atoms with E-state index in [-0.39, 0.29) is 6.54 Å². The van der Waals surface area contributed by atoms with Gasteiger partial charge in [0, 0.05) is 0 Å². The van der Waals surface area contributed by atoms with Gasteiger partial charge in [0.15, 0.2) is 11.5 Å². The number of nitrogens with zero attached hydrogens (tertiary/aromatic N) is 4. The maximum atomic E-state index is 10.3. The smallest absolute Gasteiger partial charge is 0.405 e. The number of nitrogens with one attached hydrogen (secondary N) is 1. The van der Waals surface area contributed by atoms with Crippen LogP contribution in [0.4, 0.5) is 4.79 Å². The van der Waals surface area contributed by atoms with Crippen LogP contribution in [0, 0.1) is 0 Å². The molecule has 2 rings (SSSR count). The van der Waals surface area contributed by atoms with Gasteiger partial charge in [-0.05, 0) is 12.1 Å². The van der Waals surface area contributed by atoms with Gasteiger partial charge in [-0.3, -0.25) is 0 Å². The highest BCUT2D eigenvalue weighted by Gasteiger charge is 2.07. The standard InChI is InChI=1S/C7H6ClN5O2/c8-4-1-2-5-10-11-6(13(5)12-4)3-9-7(14)15/h1-2,9H,3H2,(H,14,15). The van der Waals surface area contributed by atoms with Gasteiger partial charge in [0.05, 0.1) is 6.54 Å². The van der Waals surface area contributed by atoms with Crippen LogP contribution in [-0.4, -0.2) is 31.0 Å². The van der Waals surface area contributed by atoms with E-state index in [0.717, 1.165) is 0 Å². The normalized spacial score (nSPS) is 10.5. The average Bonchev–Trinajstić information content (AvgIpc) is 2.57. The second-order valence-corrected chi connectivity index (χ2v) is 3.09. The summed E-state index contributed by atoms with van der Waals surface area (Å²) >= 11 is 5.69. The molecule has 2 aromatic rings. The fourth-order valence-corrected chi connectivity index (χ4v) is 1.21. The lowest BCUT2D eigenvalue weighted by Gasteiger charge is -1.98. The maximum Gasteiger partial charge on any atom is 0.405 e. The molecule has 0 aliphatic carbocycles. The summed E-state index contributed by atoms with van der Waals surface area (Å²) in [6.45, 7) is 0.0316. The first kappa shape index (κ1) is 9.66. The second-order valence-electron chi connectivity index (χ2n) is 2.70. The van der Waals surface area contributed by atoms with E-state index in [4.69, 9.17) is 16.7 Å². The molecule has 0 aromatic carbocycles. The molecule has 2 aromatic heterocycles. The molecule has 1 amide bonds. The Morgan fingerprint density at radius 3 is 3.07 bits per heavy atom. The van der Waals surface area contributed by atoms with E-state index in [0.29, 0.717) is 16.6 Å². The number of halogens is 1. The van der Waals surface area contributed by atoms with Crippen molar-refractivity contribution in [3.8, 4) is 0 Å². The van der Waals surface area contributed by atoms with Crippen molar-refractivity contribution in [2.24, 2.45) is 0 Å². The molecule has 78 valence electrons. The van der Waals surface area contributed by atoms with Gasteiger partial charge in [-0.2, -0.15) is 9.61 Å². The van der Waals surface area contributed by atoms with E-state index < -0.39 is 6.09 Å². The molecule has 15 heavy (non-hydrogen) atoms. The summed E-state index contributed by atoms with van der Waals surface area (Å²) in [6, 6.07) is 3.23. The largest absolute Gasteiger partial charge is 0.465 e. The Morgan fingerprint density at radius 2 is 2.33 bits per heavy atom. The summed E-state index contributed by atoms with van der Waals surface area (Å²) in [5.74, 6) is 0.384. The highest BCUT2D eigenvalue weighted by atomic mass is 35.5. The number of carboxylic acid groups (broad SMARTS) is 1. The molecule has 0 bridgehead atoms. The van der Waals surface area contributed by atoms with Crippen LogP contribution >= 0.6 is 11.6 Å². The topological polar surface area (TPSA) is 92.4 Å². The monoisotopic (exact) mass is 227 g/mol. The molecule has 2 N–H and O–H groups in total. The van der Waals surface area contributed by atoms with Gasteiger partial charge < -0.3 is 10.4 Å². The van der Waals surface area contributed by atoms with E-state index in [2.05, 4.69) is 20.6 Å². The molecule has 0 aliphatic heterocycles. The Balaban J connectivity index is 2.35. The summed E-state index contributed by atoms with van der Waals surface area (Å²) in [6.07, 6.45) is -1.13. The first-order chi connectivity index (χ1) is 7.16. The Bertz CT molecular complexity index is 511. The summed E-state index contributed by atoms with van der Waals surface area (Å²) in [7, 11) is 0. The quantitative estimate of drug-likeness (QED) is 0.781. The molecule has 0 unspecified atom stereocenters. The van der Waals surface area contributed by atoms with Crippen molar-refractivity contribution in [2.75, 3.05) is 0 Å². The van der Waals surface area contributed by atoms with Crippen molar-refractivity contribution >= 4 is 23.3 Å². The van der Waals surface area contributed by atoms with Crippen molar-refractivity contribution in [1.82, 2.24) is 25.1 Å². The third-order valence-electron chi connectivity index (χ3n) is 1.69. The summed E-state index contributed by atoms with van der Waals surface area (Å²) in [5.41, 5.74) is 0.515. The lowest BCUT2D eigenvalue weighted by atomic mass is 10.5. The Kier molecular flexibility index (Phi) is 2.38. The minimum absolute atomic E-state index is 0.0316. The van der Waals surface area contributed by atoms with Crippen LogP contribution in [0.5, 0.6) is 0 Å². The molecule has 0 saturated carbocycles. The third-order valence-corrected chi connectivity index (χ3v) is 1.89. The van der Waals surface area contributed by atoms with E-state index in [1.54, 1.807) is 12.1 Å². The number of rotatable bonds is 2. The van der Waals surface area contributed by atoms with E-state index in [9.17, 15) is 4.79 Å². The molecule has 0 saturated heterocycles. The van der Waals surface area contributed by atoms with E-state index in [1.165, 1.54) is 4.52 Å². The Hall–Kier alpha value is -1.89. The Labute approximate surface area is 88.7 Å². The molecule has 0 fully saturated rings. The van der Waals surface area contributed by atoms with Crippen molar-refractivity contribution < 1.29 is 9.90 Å². The van der Waals surface area contributed by atoms with E-state index in [1.807, 2.05) is 0 Å². The predicted octanol–water partition coefficient (Wildman–Crippen LogP) is 0.545. The van der Waals surface area contributed by atoms with Crippen LogP contribution in [0.3, 0.4) is 0 Å². The van der Waals surface area contributed by atoms with Gasteiger partial charge in [-0.1, -0.05) is 11.6 Å². The second kappa shape index (κ2) is 3.70. The number of fused-ring (bicyclic) bond motifs is 1. The van der Waals surface area contributed by atoms with Crippen LogP contribution < -0.4 is 5.32 Å². The van der Waals surface area contributed by atoms with Gasteiger partial charge >= 0.3 is 6.09 Å². The fraction of sp³-hybridized carbons (Fsp3) is 0.143. The highest BCUT2D eigenvalue weighted by Crippen LogP contribution is 2.06. The zero-order chi connectivity index (χ0) is 10.8. The number of hydrogen-bond acceptors (Lipinski definition) is 4. The lowest BCUT2D eigenvalue weighted by molar-refractivity contribution is 0.193. The van der Waals surface area contributed by atoms with Crippen LogP contribution in [0.15, 0.2) is 12.1 Å². The van der Waals surface area contributed by atoms with Crippen LogP contribution in [0.25, 0.3) is 5.65 Å². The molecule has 0 atom stereocenters. The third kappa shape index (κ3) is 1.96. The molecular weight excluding hydrogens is 222 g/mol. The predicted molar refractivity (Wildman–Crippen MR) is 50.7 cm³/mol. The number of aromatic nitrogens is 4.